The van der Waals surface area contributed by atoms with Crippen LogP contribution in [-0.4, -0.2) is 60.2 Å². The minimum absolute atomic E-state index is 0.0608. The van der Waals surface area contributed by atoms with Crippen molar-refractivity contribution < 1.29 is 24.0 Å². The van der Waals surface area contributed by atoms with Crippen molar-refractivity contribution >= 4 is 31.6 Å². The minimum atomic E-state index is -1.65. The number of aromatic nitrogens is 4. The van der Waals surface area contributed by atoms with Gasteiger partial charge < -0.3 is 26.0 Å². The molecule has 2 aromatic heterocycles. The molecule has 1 aliphatic carbocycles. The Kier molecular flexibility index (Phi) is 4.28. The molecule has 2 fully saturated rings. The van der Waals surface area contributed by atoms with Crippen LogP contribution < -0.4 is 11.1 Å². The molecular weight excluding hydrogens is 363 g/mol. The molecule has 11 nitrogen and oxygen atoms in total. The van der Waals surface area contributed by atoms with Crippen molar-refractivity contribution in [2.45, 2.75) is 49.8 Å². The summed E-state index contributed by atoms with van der Waals surface area (Å²) >= 11 is 0. The molecule has 26 heavy (non-hydrogen) atoms. The Balaban J connectivity index is 1.71. The number of anilines is 2. The summed E-state index contributed by atoms with van der Waals surface area (Å²) in [5, 5.41) is 24.4. The maximum absolute atomic E-state index is 10.8. The van der Waals surface area contributed by atoms with Gasteiger partial charge in [0.25, 0.3) is 0 Å². The predicted molar refractivity (Wildman–Crippen MR) is 90.5 cm³/mol. The second kappa shape index (κ2) is 6.36. The van der Waals surface area contributed by atoms with Crippen LogP contribution in [0.5, 0.6) is 0 Å². The van der Waals surface area contributed by atoms with Crippen LogP contribution in [0.25, 0.3) is 11.2 Å². The van der Waals surface area contributed by atoms with Crippen LogP contribution in [0.1, 0.15) is 26.0 Å². The van der Waals surface area contributed by atoms with Crippen LogP contribution >= 0.6 is 8.69 Å². The van der Waals surface area contributed by atoms with E-state index in [4.69, 9.17) is 15.0 Å². The lowest BCUT2D eigenvalue weighted by Crippen LogP contribution is -2.44. The van der Waals surface area contributed by atoms with Crippen LogP contribution in [0.4, 0.5) is 11.8 Å². The lowest BCUT2D eigenvalue weighted by Gasteiger charge is -2.27. The number of nitrogens with zero attached hydrogens (tertiary/aromatic N) is 4. The number of nitrogen functional groups attached to an aromatic ring is 1. The first kappa shape index (κ1) is 17.5. The molecule has 1 saturated heterocycles. The standard InChI is InChI=1S/C14H19N6O5P/c1-14(22)9(21)7(4-24-26-23)25-12(14)20-5-16-8-10(17-6-2-3-6)18-13(15)19-11(8)20/h5-7,9,12,21-22H,2-4H2,1H3,(H3,15,17,18,19)/t7-,9?,12-,14?/m1/s1. The average molecular weight is 382 g/mol. The maximum Gasteiger partial charge on any atom is 0.327 e. The molecule has 0 aromatic carbocycles. The molecular formula is C14H19N6O5P. The van der Waals surface area contributed by atoms with Gasteiger partial charge in [-0.2, -0.15) is 9.97 Å². The molecule has 12 heteroatoms. The van der Waals surface area contributed by atoms with E-state index in [2.05, 4.69) is 20.3 Å². The lowest BCUT2D eigenvalue weighted by atomic mass is 9.96. The van der Waals surface area contributed by atoms with Crippen LogP contribution in [0.15, 0.2) is 6.33 Å². The predicted octanol–water partition coefficient (Wildman–Crippen LogP) is 0.215. The molecule has 2 aliphatic rings. The molecule has 0 bridgehead atoms. The average Bonchev–Trinajstić information content (AvgIpc) is 3.26. The summed E-state index contributed by atoms with van der Waals surface area (Å²) in [7, 11) is -0.531. The third-order valence-electron chi connectivity index (χ3n) is 4.66. The largest absolute Gasteiger partial charge is 0.387 e. The fourth-order valence-corrected chi connectivity index (χ4v) is 3.32. The number of nitrogens with one attached hydrogen (secondary N) is 1. The van der Waals surface area contributed by atoms with E-state index in [9.17, 15) is 14.8 Å². The lowest BCUT2D eigenvalue weighted by molar-refractivity contribution is -0.0946. The Morgan fingerprint density at radius 2 is 2.31 bits per heavy atom. The molecule has 0 spiro atoms. The highest BCUT2D eigenvalue weighted by Crippen LogP contribution is 2.40. The van der Waals surface area contributed by atoms with Gasteiger partial charge in [0.05, 0.1) is 12.9 Å². The Morgan fingerprint density at radius 1 is 1.54 bits per heavy atom. The number of ether oxygens (including phenoxy) is 1. The van der Waals surface area contributed by atoms with Gasteiger partial charge in [-0.25, -0.2) is 9.55 Å². The molecule has 0 amide bonds. The summed E-state index contributed by atoms with van der Waals surface area (Å²) in [5.74, 6) is 0.586. The highest BCUT2D eigenvalue weighted by Gasteiger charge is 2.53. The first-order chi connectivity index (χ1) is 12.4. The number of aliphatic hydroxyl groups excluding tert-OH is 1. The van der Waals surface area contributed by atoms with Gasteiger partial charge >= 0.3 is 8.69 Å². The fraction of sp³-hybridized carbons (Fsp3) is 0.643. The summed E-state index contributed by atoms with van der Waals surface area (Å²) in [5.41, 5.74) is 5.05. The molecule has 5 N–H and O–H groups in total. The highest BCUT2D eigenvalue weighted by atomic mass is 31.1. The molecule has 0 radical (unpaired) electrons. The minimum Gasteiger partial charge on any atom is -0.387 e. The van der Waals surface area contributed by atoms with Crippen molar-refractivity contribution in [2.24, 2.45) is 0 Å². The van der Waals surface area contributed by atoms with E-state index in [1.54, 1.807) is 0 Å². The van der Waals surface area contributed by atoms with Gasteiger partial charge in [0.2, 0.25) is 5.95 Å². The number of fused-ring (bicyclic) bond motifs is 1. The Bertz CT molecular complexity index is 841. The summed E-state index contributed by atoms with van der Waals surface area (Å²) in [6.07, 6.45) is 0.464. The van der Waals surface area contributed by atoms with Crippen LogP contribution in [-0.2, 0) is 13.8 Å². The topological polar surface area (TPSA) is 158 Å². The van der Waals surface area contributed by atoms with Crippen LogP contribution in [0.2, 0.25) is 0 Å². The van der Waals surface area contributed by atoms with E-state index in [1.807, 2.05) is 0 Å². The zero-order valence-corrected chi connectivity index (χ0v) is 14.8. The Labute approximate surface area is 149 Å². The van der Waals surface area contributed by atoms with Crippen molar-refractivity contribution in [3.05, 3.63) is 6.33 Å². The zero-order chi connectivity index (χ0) is 18.5. The van der Waals surface area contributed by atoms with Gasteiger partial charge in [0.15, 0.2) is 23.2 Å². The van der Waals surface area contributed by atoms with E-state index in [0.29, 0.717) is 23.0 Å². The fourth-order valence-electron chi connectivity index (χ4n) is 3.11. The monoisotopic (exact) mass is 382 g/mol. The normalized spacial score (nSPS) is 31.7. The molecule has 1 aliphatic heterocycles. The molecule has 1 saturated carbocycles. The van der Waals surface area contributed by atoms with Crippen LogP contribution in [0.3, 0.4) is 0 Å². The number of hydrogen-bond donors (Lipinski definition) is 4. The summed E-state index contributed by atoms with van der Waals surface area (Å²) in [6.45, 7) is 1.30. The van der Waals surface area contributed by atoms with Gasteiger partial charge in [-0.15, -0.1) is 0 Å². The van der Waals surface area contributed by atoms with Gasteiger partial charge in [0, 0.05) is 6.04 Å². The van der Waals surface area contributed by atoms with Crippen molar-refractivity contribution in [3.8, 4) is 0 Å². The van der Waals surface area contributed by atoms with Crippen molar-refractivity contribution in [1.29, 1.82) is 0 Å². The number of rotatable bonds is 6. The van der Waals surface area contributed by atoms with E-state index in [-0.39, 0.29) is 12.6 Å². The van der Waals surface area contributed by atoms with Crippen molar-refractivity contribution in [1.82, 2.24) is 19.5 Å². The first-order valence-electron chi connectivity index (χ1n) is 8.19. The van der Waals surface area contributed by atoms with Crippen molar-refractivity contribution in [2.75, 3.05) is 17.7 Å². The van der Waals surface area contributed by atoms with Gasteiger partial charge in [-0.3, -0.25) is 9.09 Å². The third-order valence-corrected chi connectivity index (χ3v) is 4.91. The molecule has 2 aromatic rings. The molecule has 4 atom stereocenters. The summed E-state index contributed by atoms with van der Waals surface area (Å²) < 4.78 is 22.5. The quantitative estimate of drug-likeness (QED) is 0.509. The van der Waals surface area contributed by atoms with Crippen LogP contribution in [0, 0.1) is 0 Å². The summed E-state index contributed by atoms with van der Waals surface area (Å²) in [4.78, 5) is 12.7. The first-order valence-corrected chi connectivity index (χ1v) is 8.92. The Morgan fingerprint density at radius 3 is 3.00 bits per heavy atom. The smallest absolute Gasteiger partial charge is 0.327 e. The second-order valence-electron chi connectivity index (χ2n) is 6.74. The Hall–Kier alpha value is -1.91. The number of nitrogens with two attached hydrogens (primary N) is 1. The number of hydrogen-bond acceptors (Lipinski definition) is 10. The van der Waals surface area contributed by atoms with E-state index in [0.717, 1.165) is 12.8 Å². The molecule has 2 unspecified atom stereocenters. The molecule has 3 heterocycles. The highest BCUT2D eigenvalue weighted by molar-refractivity contribution is 7.17. The molecule has 140 valence electrons. The second-order valence-corrected chi connectivity index (χ2v) is 7.15. The van der Waals surface area contributed by atoms with Gasteiger partial charge in [-0.1, -0.05) is 0 Å². The number of imidazole rings is 1. The summed E-state index contributed by atoms with van der Waals surface area (Å²) in [6, 6.07) is 0.345. The third kappa shape index (κ3) is 2.91. The van der Waals surface area contributed by atoms with E-state index < -0.39 is 32.7 Å². The zero-order valence-electron chi connectivity index (χ0n) is 13.9. The number of aliphatic hydroxyl groups is 2. The van der Waals surface area contributed by atoms with E-state index in [1.165, 1.54) is 17.8 Å². The van der Waals surface area contributed by atoms with Crippen molar-refractivity contribution in [3.63, 3.8) is 0 Å². The molecule has 4 rings (SSSR count). The SMILES string of the molecule is CC1(O)C(O)[C@@H](COP=O)O[C@H]1n1cnc2c(NC3CC3)nc(N)nc21. The van der Waals surface area contributed by atoms with E-state index >= 15 is 0 Å². The van der Waals surface area contributed by atoms with Gasteiger partial charge in [0.1, 0.15) is 17.8 Å². The maximum atomic E-state index is 10.8. The van der Waals surface area contributed by atoms with Gasteiger partial charge in [-0.05, 0) is 19.8 Å².